The minimum absolute atomic E-state index is 2.70. The molecule has 0 aromatic heterocycles. The van der Waals surface area contributed by atoms with Gasteiger partial charge in [-0.15, -0.1) is 0 Å². The van der Waals surface area contributed by atoms with Crippen LogP contribution < -0.4 is 0 Å². The van der Waals surface area contributed by atoms with E-state index in [4.69, 9.17) is 0 Å². The van der Waals surface area contributed by atoms with Gasteiger partial charge in [-0.1, -0.05) is 0 Å². The Hall–Kier alpha value is -2.52. The second kappa shape index (κ2) is 16.1. The molecule has 0 N–H and O–H groups in total. The van der Waals surface area contributed by atoms with Gasteiger partial charge in [0.05, 0.1) is 0 Å². The molecule has 0 aromatic carbocycles. The first-order valence-corrected chi connectivity index (χ1v) is 14.7. The van der Waals surface area contributed by atoms with Gasteiger partial charge in [-0.05, 0) is 0 Å². The fourth-order valence-corrected chi connectivity index (χ4v) is 4.36. The summed E-state index contributed by atoms with van der Waals surface area (Å²) >= 11 is 0. The molecule has 0 saturated heterocycles. The summed E-state index contributed by atoms with van der Waals surface area (Å²) in [6, 6.07) is 0. The third kappa shape index (κ3) is 8.34. The number of hydrogen-bond acceptors (Lipinski definition) is 2. The molecular weight excluding hydrogens is 1050 g/mol. The molecule has 0 amide bonds. The van der Waals surface area contributed by atoms with Crippen LogP contribution in [0.25, 0.3) is 0 Å². The van der Waals surface area contributed by atoms with Gasteiger partial charge in [0.1, 0.15) is 0 Å². The zero-order chi connectivity index (χ0) is 51.9. The Morgan fingerprint density at radius 1 is 0.222 bits per heavy atom. The fraction of sp³-hybridized carbons (Fsp3) is 1.00. The average Bonchev–Trinajstić information content (AvgIpc) is 3.03. The molecule has 0 atom stereocenters. The lowest BCUT2D eigenvalue weighted by molar-refractivity contribution is -0.472. The smallest absolute Gasteiger partial charge is 0.392 e. The molecule has 378 valence electrons. The first-order chi connectivity index (χ1) is 26.7. The van der Waals surface area contributed by atoms with Crippen molar-refractivity contribution >= 4 is 10.0 Å². The van der Waals surface area contributed by atoms with Gasteiger partial charge in [0, 0.05) is 26.1 Å². The Kier molecular flexibility index (Phi) is 15.4. The normalized spacial score (nSPS) is 16.9. The van der Waals surface area contributed by atoms with Gasteiger partial charge in [-0.2, -0.15) is 158 Å². The number of hydrogen-bond donors (Lipinski definition) is 0. The predicted octanol–water partition coefficient (Wildman–Crippen LogP) is 12.6. The molecule has 2 radical (unpaired) electrons. The summed E-state index contributed by atoms with van der Waals surface area (Å²) in [6.07, 6.45) is -41.4. The van der Waals surface area contributed by atoms with Crippen LogP contribution >= 0.6 is 0 Å². The average molecular weight is 1050 g/mol. The predicted molar refractivity (Wildman–Crippen MR) is 118 cm³/mol. The van der Waals surface area contributed by atoms with Crippen molar-refractivity contribution in [1.82, 2.24) is 0 Å². The summed E-state index contributed by atoms with van der Waals surface area (Å²) in [5, 5.41) is 0. The van der Waals surface area contributed by atoms with E-state index in [9.17, 15) is 167 Å². The Morgan fingerprint density at radius 2 is 0.381 bits per heavy atom. The van der Waals surface area contributed by atoms with Crippen LogP contribution in [0.1, 0.15) is 12.8 Å². The van der Waals surface area contributed by atoms with Crippen LogP contribution in [0.2, 0.25) is 0 Å². The molecule has 0 unspecified atom stereocenters. The third-order valence-corrected chi connectivity index (χ3v) is 8.30. The van der Waals surface area contributed by atoms with Gasteiger partial charge in [0.15, 0.2) is 0 Å². The molecule has 0 aliphatic rings. The van der Waals surface area contributed by atoms with E-state index in [2.05, 4.69) is 8.85 Å². The summed E-state index contributed by atoms with van der Waals surface area (Å²) in [4.78, 5) is 0. The third-order valence-electron chi connectivity index (χ3n) is 7.66. The lowest BCUT2D eigenvalue weighted by Gasteiger charge is -2.45. The molecule has 0 fully saturated rings. The van der Waals surface area contributed by atoms with Gasteiger partial charge in [-0.3, -0.25) is 0 Å². The first kappa shape index (κ1) is 60.5. The molecule has 0 heterocycles. The largest absolute Gasteiger partial charge is 0.438 e. The van der Waals surface area contributed by atoms with Gasteiger partial charge < -0.3 is 8.85 Å². The van der Waals surface area contributed by atoms with E-state index in [1.54, 1.807) is 0 Å². The second-order valence-electron chi connectivity index (χ2n) is 11.7. The van der Waals surface area contributed by atoms with Crippen LogP contribution in [0.3, 0.4) is 0 Å². The standard InChI is InChI=1S/C22H8F38O2Si/c23-5(24,9(29,30)13(37,38)17(45,46)15(41,42)11(33,34)7(27,19(49,50)51)20(52,53)54)1-3-61-63-62-4-2-6(25,26)10(31,32)14(39,40)18(47,48)16(43,44)12(35,36)8(28,21(55,56)57)22(58,59)60/h1-4H2. The van der Waals surface area contributed by atoms with Crippen molar-refractivity contribution < 1.29 is 176 Å². The molecule has 0 saturated carbocycles. The molecule has 41 heteroatoms. The van der Waals surface area contributed by atoms with Gasteiger partial charge in [-0.25, -0.2) is 8.78 Å². The van der Waals surface area contributed by atoms with Crippen LogP contribution in [-0.2, 0) is 8.85 Å². The van der Waals surface area contributed by atoms with E-state index < -0.39 is 143 Å². The van der Waals surface area contributed by atoms with Gasteiger partial charge >= 0.3 is 117 Å². The van der Waals surface area contributed by atoms with E-state index >= 15 is 0 Å². The summed E-state index contributed by atoms with van der Waals surface area (Å²) in [7, 11) is -2.72. The summed E-state index contributed by atoms with van der Waals surface area (Å²) in [6.45, 7) is -5.39. The van der Waals surface area contributed by atoms with Crippen LogP contribution in [0, 0.1) is 0 Å². The molecule has 0 rings (SSSR count). The molecule has 63 heavy (non-hydrogen) atoms. The van der Waals surface area contributed by atoms with Crippen molar-refractivity contribution in [3.8, 4) is 0 Å². The Balaban J connectivity index is 6.26. The molecular formula is C22H8F38O2Si. The number of alkyl halides is 38. The molecule has 0 bridgehead atoms. The Morgan fingerprint density at radius 3 is 0.556 bits per heavy atom. The van der Waals surface area contributed by atoms with Crippen LogP contribution in [-0.4, -0.2) is 130 Å². The van der Waals surface area contributed by atoms with Crippen LogP contribution in [0.4, 0.5) is 167 Å². The van der Waals surface area contributed by atoms with Gasteiger partial charge in [0.25, 0.3) is 0 Å². The van der Waals surface area contributed by atoms with Crippen molar-refractivity contribution in [2.24, 2.45) is 0 Å². The van der Waals surface area contributed by atoms with E-state index in [-0.39, 0.29) is 0 Å². The van der Waals surface area contributed by atoms with Gasteiger partial charge in [0.2, 0.25) is 0 Å². The fourth-order valence-electron chi connectivity index (χ4n) is 3.91. The highest BCUT2D eigenvalue weighted by Gasteiger charge is 3.00. The quantitative estimate of drug-likeness (QED) is 0.0687. The highest BCUT2D eigenvalue weighted by molar-refractivity contribution is 6.17. The second-order valence-corrected chi connectivity index (χ2v) is 12.5. The van der Waals surface area contributed by atoms with Crippen LogP contribution in [0.15, 0.2) is 0 Å². The van der Waals surface area contributed by atoms with Crippen molar-refractivity contribution in [2.75, 3.05) is 13.2 Å². The zero-order valence-corrected chi connectivity index (χ0v) is 28.5. The maximum Gasteiger partial charge on any atom is 0.438 e. The van der Waals surface area contributed by atoms with E-state index in [0.29, 0.717) is 0 Å². The van der Waals surface area contributed by atoms with Crippen molar-refractivity contribution in [1.29, 1.82) is 0 Å². The minimum Gasteiger partial charge on any atom is -0.392 e. The van der Waals surface area contributed by atoms with Crippen molar-refractivity contribution in [2.45, 2.75) is 120 Å². The molecule has 0 aliphatic carbocycles. The zero-order valence-electron chi connectivity index (χ0n) is 27.5. The topological polar surface area (TPSA) is 18.5 Å². The van der Waals surface area contributed by atoms with Crippen LogP contribution in [0.5, 0.6) is 0 Å². The number of halogens is 38. The Labute approximate surface area is 320 Å². The van der Waals surface area contributed by atoms with E-state index in [1.807, 2.05) is 0 Å². The SMILES string of the molecule is FC(F)(F)C(F)(C(F)(F)F)C(F)(F)C(F)(F)C(F)(F)C(F)(F)C(F)(F)C(F)(F)CCO[Si]OCCC(F)(F)C(F)(F)C(F)(F)C(F)(F)C(F)(F)C(F)(F)C(F)(C(F)(F)F)C(F)(F)F. The summed E-state index contributed by atoms with van der Waals surface area (Å²) in [5.74, 6) is -106. The van der Waals surface area contributed by atoms with E-state index in [1.165, 1.54) is 0 Å². The van der Waals surface area contributed by atoms with E-state index in [0.717, 1.165) is 0 Å². The lowest BCUT2D eigenvalue weighted by atomic mass is 9.83. The maximum atomic E-state index is 13.9. The molecule has 0 spiro atoms. The first-order valence-electron chi connectivity index (χ1n) is 13.9. The highest BCUT2D eigenvalue weighted by Crippen LogP contribution is 2.68. The summed E-state index contributed by atoms with van der Waals surface area (Å²) in [5.41, 5.74) is -18.1. The highest BCUT2D eigenvalue weighted by atomic mass is 28.3. The maximum absolute atomic E-state index is 13.9. The monoisotopic (exact) mass is 1050 g/mol. The van der Waals surface area contributed by atoms with Crippen molar-refractivity contribution in [3.63, 3.8) is 0 Å². The molecule has 0 aliphatic heterocycles. The number of rotatable bonds is 20. The molecule has 0 aromatic rings. The van der Waals surface area contributed by atoms with Crippen molar-refractivity contribution in [3.05, 3.63) is 0 Å². The molecule has 2 nitrogen and oxygen atoms in total. The Bertz CT molecular complexity index is 1420. The minimum atomic E-state index is -9.42. The summed E-state index contributed by atoms with van der Waals surface area (Å²) < 4.78 is 514. The lowest BCUT2D eigenvalue weighted by Crippen LogP contribution is -2.77.